The Morgan fingerprint density at radius 1 is 0.706 bits per heavy atom. The fraction of sp³-hybridized carbons (Fsp3) is 0.394. The van der Waals surface area contributed by atoms with Crippen LogP contribution in [0.1, 0.15) is 76.1 Å². The molecular weight excluding hydrogens is 427 g/mol. The minimum atomic E-state index is -0.212. The average molecular weight is 465 g/mol. The highest BCUT2D eigenvalue weighted by atomic mass is 31.1. The van der Waals surface area contributed by atoms with Gasteiger partial charge in [0.05, 0.1) is 0 Å². The van der Waals surface area contributed by atoms with Crippen molar-refractivity contribution in [3.63, 3.8) is 0 Å². The van der Waals surface area contributed by atoms with Crippen molar-refractivity contribution in [3.05, 3.63) is 83.9 Å². The molecule has 1 heteroatoms. The fourth-order valence-corrected chi connectivity index (χ4v) is 10.1. The minimum absolute atomic E-state index is 0.212. The van der Waals surface area contributed by atoms with Crippen LogP contribution in [0, 0.1) is 5.92 Å². The van der Waals surface area contributed by atoms with Crippen molar-refractivity contribution in [3.8, 4) is 11.1 Å². The molecule has 0 spiro atoms. The normalized spacial score (nSPS) is 21.3. The number of hydrogen-bond acceptors (Lipinski definition) is 0. The Morgan fingerprint density at radius 2 is 1.32 bits per heavy atom. The van der Waals surface area contributed by atoms with Crippen LogP contribution in [0.2, 0.25) is 0 Å². The molecule has 1 heterocycles. The van der Waals surface area contributed by atoms with Gasteiger partial charge in [-0.1, -0.05) is 134 Å². The van der Waals surface area contributed by atoms with Gasteiger partial charge in [-0.05, 0) is 67.5 Å². The molecule has 0 N–H and O–H groups in total. The number of fused-ring (bicyclic) bond motifs is 7. The van der Waals surface area contributed by atoms with Gasteiger partial charge in [0.25, 0.3) is 0 Å². The molecule has 6 rings (SSSR count). The molecule has 0 bridgehead atoms. The second-order valence-electron chi connectivity index (χ2n) is 11.6. The molecule has 34 heavy (non-hydrogen) atoms. The lowest BCUT2D eigenvalue weighted by molar-refractivity contribution is 0.335. The standard InChI is InChI=1S/C33H37P/c1-33(2,3)34-22-26-18-17-24-13-7-9-15-27(24)31(26)32-28-16-10-8-14-25(28)19-20-29(32)30(34)21-23-11-5-4-6-12-23/h7-10,13-20,23,30H,4-6,11-12,21-22H2,1-3H3/t30-,34?/m0/s1. The van der Waals surface area contributed by atoms with Gasteiger partial charge >= 0.3 is 0 Å². The van der Waals surface area contributed by atoms with Crippen molar-refractivity contribution in [1.82, 2.24) is 0 Å². The van der Waals surface area contributed by atoms with Crippen LogP contribution < -0.4 is 0 Å². The highest BCUT2D eigenvalue weighted by molar-refractivity contribution is 7.58. The predicted octanol–water partition coefficient (Wildman–Crippen LogP) is 10.5. The molecule has 0 aromatic heterocycles. The summed E-state index contributed by atoms with van der Waals surface area (Å²) in [6.45, 7) is 7.54. The molecule has 0 saturated heterocycles. The van der Waals surface area contributed by atoms with Crippen LogP contribution in [0.4, 0.5) is 0 Å². The van der Waals surface area contributed by atoms with E-state index in [9.17, 15) is 0 Å². The zero-order chi connectivity index (χ0) is 23.3. The van der Waals surface area contributed by atoms with Gasteiger partial charge in [0, 0.05) is 5.66 Å². The summed E-state index contributed by atoms with van der Waals surface area (Å²) in [6.07, 6.45) is 9.78. The van der Waals surface area contributed by atoms with Crippen molar-refractivity contribution in [2.75, 3.05) is 0 Å². The molecule has 2 atom stereocenters. The maximum Gasteiger partial charge on any atom is 0.00585 e. The maximum absolute atomic E-state index is 2.53. The van der Waals surface area contributed by atoms with E-state index in [2.05, 4.69) is 93.6 Å². The van der Waals surface area contributed by atoms with E-state index in [0.29, 0.717) is 10.8 Å². The lowest BCUT2D eigenvalue weighted by Gasteiger charge is -2.40. The molecule has 1 saturated carbocycles. The lowest BCUT2D eigenvalue weighted by Crippen LogP contribution is -2.19. The van der Waals surface area contributed by atoms with E-state index in [1.807, 2.05) is 0 Å². The van der Waals surface area contributed by atoms with Gasteiger partial charge in [-0.15, -0.1) is 0 Å². The summed E-state index contributed by atoms with van der Waals surface area (Å²) in [7, 11) is -0.212. The molecular formula is C33H37P. The molecule has 174 valence electrons. The van der Waals surface area contributed by atoms with Crippen molar-refractivity contribution in [2.24, 2.45) is 5.92 Å². The Balaban J connectivity index is 1.66. The molecule has 4 aromatic rings. The third-order valence-electron chi connectivity index (χ3n) is 8.45. The molecule has 4 aromatic carbocycles. The van der Waals surface area contributed by atoms with Crippen molar-refractivity contribution < 1.29 is 0 Å². The smallest absolute Gasteiger partial charge is 0.00585 e. The fourth-order valence-electron chi connectivity index (χ4n) is 6.75. The minimum Gasteiger partial charge on any atom is -0.0889 e. The SMILES string of the molecule is CC(C)(C)P1Cc2ccc3ccccc3c2-c2c(ccc3ccccc23)[C@@H]1CC1CCCCC1. The molecule has 0 radical (unpaired) electrons. The Hall–Kier alpha value is -2.17. The zero-order valence-corrected chi connectivity index (χ0v) is 21.9. The van der Waals surface area contributed by atoms with E-state index in [1.54, 1.807) is 16.7 Å². The summed E-state index contributed by atoms with van der Waals surface area (Å²) in [5, 5.41) is 5.94. The Bertz CT molecular complexity index is 1340. The summed E-state index contributed by atoms with van der Waals surface area (Å²) in [4.78, 5) is 0. The Morgan fingerprint density at radius 3 is 2.00 bits per heavy atom. The average Bonchev–Trinajstić information content (AvgIpc) is 3.00. The Kier molecular flexibility index (Phi) is 5.77. The van der Waals surface area contributed by atoms with E-state index in [4.69, 9.17) is 0 Å². The van der Waals surface area contributed by atoms with Crippen LogP contribution in [0.25, 0.3) is 32.7 Å². The second kappa shape index (κ2) is 8.80. The summed E-state index contributed by atoms with van der Waals surface area (Å²) in [5.74, 6) is 0.892. The van der Waals surface area contributed by atoms with Gasteiger partial charge in [-0.3, -0.25) is 0 Å². The van der Waals surface area contributed by atoms with Gasteiger partial charge in [0.2, 0.25) is 0 Å². The zero-order valence-electron chi connectivity index (χ0n) is 21.0. The first-order valence-electron chi connectivity index (χ1n) is 13.3. The monoisotopic (exact) mass is 464 g/mol. The first-order chi connectivity index (χ1) is 16.5. The highest BCUT2D eigenvalue weighted by Gasteiger charge is 2.39. The van der Waals surface area contributed by atoms with Crippen LogP contribution in [0.5, 0.6) is 0 Å². The molecule has 1 aliphatic carbocycles. The van der Waals surface area contributed by atoms with Crippen LogP contribution in [0.3, 0.4) is 0 Å². The van der Waals surface area contributed by atoms with E-state index in [0.717, 1.165) is 5.92 Å². The number of rotatable bonds is 2. The topological polar surface area (TPSA) is 0 Å². The highest BCUT2D eigenvalue weighted by Crippen LogP contribution is 2.68. The number of hydrogen-bond donors (Lipinski definition) is 0. The van der Waals surface area contributed by atoms with E-state index >= 15 is 0 Å². The van der Waals surface area contributed by atoms with Crippen molar-refractivity contribution in [1.29, 1.82) is 0 Å². The molecule has 0 amide bonds. The quantitative estimate of drug-likeness (QED) is 0.259. The summed E-state index contributed by atoms with van der Waals surface area (Å²) < 4.78 is 0. The van der Waals surface area contributed by atoms with Crippen LogP contribution in [0.15, 0.2) is 72.8 Å². The number of benzene rings is 4. The molecule has 1 fully saturated rings. The van der Waals surface area contributed by atoms with Crippen LogP contribution in [-0.2, 0) is 6.16 Å². The Labute approximate surface area is 206 Å². The van der Waals surface area contributed by atoms with Crippen LogP contribution in [-0.4, -0.2) is 5.16 Å². The van der Waals surface area contributed by atoms with Gasteiger partial charge < -0.3 is 0 Å². The molecule has 0 nitrogen and oxygen atoms in total. The first kappa shape index (κ1) is 22.3. The van der Waals surface area contributed by atoms with Crippen molar-refractivity contribution in [2.45, 2.75) is 76.3 Å². The van der Waals surface area contributed by atoms with Gasteiger partial charge in [-0.2, -0.15) is 0 Å². The third kappa shape index (κ3) is 3.89. The van der Waals surface area contributed by atoms with E-state index in [-0.39, 0.29) is 7.92 Å². The maximum atomic E-state index is 2.53. The van der Waals surface area contributed by atoms with Crippen molar-refractivity contribution >= 4 is 29.5 Å². The summed E-state index contributed by atoms with van der Waals surface area (Å²) in [6, 6.07) is 27.9. The summed E-state index contributed by atoms with van der Waals surface area (Å²) in [5.41, 5.74) is 6.94. The van der Waals surface area contributed by atoms with Gasteiger partial charge in [0.15, 0.2) is 0 Å². The largest absolute Gasteiger partial charge is 0.0889 e. The predicted molar refractivity (Wildman–Crippen MR) is 151 cm³/mol. The van der Waals surface area contributed by atoms with Gasteiger partial charge in [0.1, 0.15) is 0 Å². The van der Waals surface area contributed by atoms with Crippen LogP contribution >= 0.6 is 7.92 Å². The lowest BCUT2D eigenvalue weighted by atomic mass is 9.82. The second-order valence-corrected chi connectivity index (χ2v) is 14.8. The van der Waals surface area contributed by atoms with Gasteiger partial charge in [-0.25, -0.2) is 0 Å². The van der Waals surface area contributed by atoms with E-state index < -0.39 is 0 Å². The van der Waals surface area contributed by atoms with E-state index in [1.165, 1.54) is 71.8 Å². The molecule has 1 aliphatic heterocycles. The summed E-state index contributed by atoms with van der Waals surface area (Å²) >= 11 is 0. The molecule has 2 aliphatic rings. The molecule has 1 unspecified atom stereocenters. The third-order valence-corrected chi connectivity index (χ3v) is 12.1. The first-order valence-corrected chi connectivity index (χ1v) is 14.9.